The van der Waals surface area contributed by atoms with Crippen LogP contribution in [-0.4, -0.2) is 36.9 Å². The van der Waals surface area contributed by atoms with Crippen molar-refractivity contribution in [1.29, 1.82) is 0 Å². The van der Waals surface area contributed by atoms with E-state index in [4.69, 9.17) is 4.74 Å². The first-order valence-electron chi connectivity index (χ1n) is 7.33. The summed E-state index contributed by atoms with van der Waals surface area (Å²) in [6, 6.07) is 19.3. The van der Waals surface area contributed by atoms with Crippen LogP contribution in [0.5, 0.6) is 0 Å². The SMILES string of the molecule is COC[SiH](Cn1cncn1)c1ccc(-c2ccccc2)cc1. The lowest BCUT2D eigenvalue weighted by Crippen LogP contribution is -2.39. The van der Waals surface area contributed by atoms with Crippen molar-refractivity contribution in [3.05, 3.63) is 67.3 Å². The molecule has 1 unspecified atom stereocenters. The van der Waals surface area contributed by atoms with Crippen LogP contribution in [0.2, 0.25) is 0 Å². The third-order valence-electron chi connectivity index (χ3n) is 3.73. The van der Waals surface area contributed by atoms with Crippen LogP contribution >= 0.6 is 0 Å². The molecule has 0 bridgehead atoms. The van der Waals surface area contributed by atoms with Crippen LogP contribution in [0.3, 0.4) is 0 Å². The van der Waals surface area contributed by atoms with Gasteiger partial charge in [-0.05, 0) is 11.1 Å². The topological polar surface area (TPSA) is 39.9 Å². The van der Waals surface area contributed by atoms with Crippen LogP contribution in [0, 0.1) is 0 Å². The molecular weight excluding hydrogens is 290 g/mol. The molecule has 0 radical (unpaired) electrons. The molecule has 0 N–H and O–H groups in total. The van der Waals surface area contributed by atoms with Gasteiger partial charge in [0.1, 0.15) is 21.5 Å². The summed E-state index contributed by atoms with van der Waals surface area (Å²) >= 11 is 0. The average molecular weight is 309 g/mol. The molecule has 5 heteroatoms. The van der Waals surface area contributed by atoms with E-state index in [0.717, 1.165) is 12.4 Å². The Hall–Kier alpha value is -2.24. The monoisotopic (exact) mass is 309 g/mol. The van der Waals surface area contributed by atoms with Gasteiger partial charge in [-0.3, -0.25) is 4.68 Å². The molecule has 0 saturated heterocycles. The number of hydrogen-bond donors (Lipinski definition) is 0. The molecule has 0 saturated carbocycles. The molecule has 22 heavy (non-hydrogen) atoms. The van der Waals surface area contributed by atoms with Gasteiger partial charge in [0.2, 0.25) is 0 Å². The largest absolute Gasteiger partial charge is 0.388 e. The molecule has 0 aliphatic heterocycles. The normalized spacial score (nSPS) is 12.2. The molecule has 1 heterocycles. The Morgan fingerprint density at radius 2 is 1.73 bits per heavy atom. The quantitative estimate of drug-likeness (QED) is 0.652. The van der Waals surface area contributed by atoms with Crippen LogP contribution in [0.1, 0.15) is 0 Å². The first-order valence-corrected chi connectivity index (χ1v) is 9.54. The van der Waals surface area contributed by atoms with Crippen molar-refractivity contribution in [3.8, 4) is 11.1 Å². The first-order chi connectivity index (χ1) is 10.9. The molecule has 112 valence electrons. The number of methoxy groups -OCH3 is 1. The molecule has 1 aromatic heterocycles. The van der Waals surface area contributed by atoms with Crippen LogP contribution in [0.25, 0.3) is 11.1 Å². The van der Waals surface area contributed by atoms with Crippen LogP contribution in [-0.2, 0) is 10.9 Å². The van der Waals surface area contributed by atoms with Crippen LogP contribution in [0.15, 0.2) is 67.3 Å². The zero-order valence-corrected chi connectivity index (χ0v) is 13.7. The third-order valence-corrected chi connectivity index (χ3v) is 6.61. The first kappa shape index (κ1) is 14.7. The van der Waals surface area contributed by atoms with Gasteiger partial charge in [-0.1, -0.05) is 59.8 Å². The lowest BCUT2D eigenvalue weighted by atomic mass is 10.1. The van der Waals surface area contributed by atoms with E-state index in [-0.39, 0.29) is 0 Å². The van der Waals surface area contributed by atoms with Crippen LogP contribution < -0.4 is 5.19 Å². The molecule has 0 amide bonds. The highest BCUT2D eigenvalue weighted by Crippen LogP contribution is 2.17. The highest BCUT2D eigenvalue weighted by atomic mass is 28.3. The van der Waals surface area contributed by atoms with E-state index in [2.05, 4.69) is 58.6 Å². The van der Waals surface area contributed by atoms with Crippen LogP contribution in [0.4, 0.5) is 0 Å². The summed E-state index contributed by atoms with van der Waals surface area (Å²) in [6.07, 6.45) is 5.05. The summed E-state index contributed by atoms with van der Waals surface area (Å²) in [5, 5.41) is 5.60. The summed E-state index contributed by atoms with van der Waals surface area (Å²) in [7, 11) is 0.502. The Bertz CT molecular complexity index is 684. The van der Waals surface area contributed by atoms with E-state index >= 15 is 0 Å². The van der Waals surface area contributed by atoms with Crippen molar-refractivity contribution in [3.63, 3.8) is 0 Å². The Morgan fingerprint density at radius 1 is 1.00 bits per heavy atom. The molecule has 0 fully saturated rings. The molecular formula is C17H19N3OSi. The standard InChI is InChI=1S/C17H19N3OSi/c1-21-14-22(13-20-12-18-11-19-20)17-9-7-16(8-10-17)15-5-3-2-4-6-15/h2-12,22H,13-14H2,1H3. The highest BCUT2D eigenvalue weighted by molar-refractivity contribution is 6.72. The minimum absolute atomic E-state index is 0.796. The van der Waals surface area contributed by atoms with E-state index in [1.807, 2.05) is 10.7 Å². The number of benzene rings is 2. The van der Waals surface area contributed by atoms with Gasteiger partial charge in [0.25, 0.3) is 0 Å². The molecule has 4 nitrogen and oxygen atoms in total. The molecule has 0 aliphatic carbocycles. The Balaban J connectivity index is 1.80. The molecule has 3 aromatic rings. The fourth-order valence-electron chi connectivity index (χ4n) is 2.59. The predicted octanol–water partition coefficient (Wildman–Crippen LogP) is 1.80. The van der Waals surface area contributed by atoms with Crippen molar-refractivity contribution in [1.82, 2.24) is 14.8 Å². The summed E-state index contributed by atoms with van der Waals surface area (Å²) in [5.74, 6) is 0. The van der Waals surface area contributed by atoms with Gasteiger partial charge in [-0.2, -0.15) is 5.10 Å². The Morgan fingerprint density at radius 3 is 2.36 bits per heavy atom. The number of ether oxygens (including phenoxy) is 1. The Kier molecular flexibility index (Phi) is 4.77. The van der Waals surface area contributed by atoms with E-state index < -0.39 is 8.80 Å². The predicted molar refractivity (Wildman–Crippen MR) is 90.6 cm³/mol. The van der Waals surface area contributed by atoms with Crippen molar-refractivity contribution in [2.45, 2.75) is 6.17 Å². The summed E-state index contributed by atoms with van der Waals surface area (Å²) in [6.45, 7) is 0. The second kappa shape index (κ2) is 7.15. The second-order valence-electron chi connectivity index (χ2n) is 5.26. The second-order valence-corrected chi connectivity index (χ2v) is 8.02. The summed E-state index contributed by atoms with van der Waals surface area (Å²) in [4.78, 5) is 4.02. The molecule has 2 aromatic carbocycles. The maximum Gasteiger partial charge on any atom is 0.137 e. The minimum Gasteiger partial charge on any atom is -0.388 e. The molecule has 3 rings (SSSR count). The Labute approximate surface area is 132 Å². The van der Waals surface area contributed by atoms with Crippen molar-refractivity contribution >= 4 is 14.0 Å². The van der Waals surface area contributed by atoms with Gasteiger partial charge < -0.3 is 4.74 Å². The maximum atomic E-state index is 5.42. The average Bonchev–Trinajstić information content (AvgIpc) is 3.09. The maximum absolute atomic E-state index is 5.42. The smallest absolute Gasteiger partial charge is 0.137 e. The van der Waals surface area contributed by atoms with Gasteiger partial charge in [-0.15, -0.1) is 0 Å². The van der Waals surface area contributed by atoms with Gasteiger partial charge in [-0.25, -0.2) is 4.98 Å². The van der Waals surface area contributed by atoms with E-state index in [1.54, 1.807) is 19.8 Å². The number of aromatic nitrogens is 3. The highest BCUT2D eigenvalue weighted by Gasteiger charge is 2.15. The number of nitrogens with zero attached hydrogens (tertiary/aromatic N) is 3. The van der Waals surface area contributed by atoms with E-state index in [0.29, 0.717) is 0 Å². The fourth-order valence-corrected chi connectivity index (χ4v) is 4.87. The number of rotatable bonds is 6. The lowest BCUT2D eigenvalue weighted by Gasteiger charge is -2.15. The lowest BCUT2D eigenvalue weighted by molar-refractivity contribution is 0.248. The van der Waals surface area contributed by atoms with Gasteiger partial charge in [0.15, 0.2) is 0 Å². The summed E-state index contributed by atoms with van der Waals surface area (Å²) in [5.41, 5.74) is 2.49. The molecule has 1 atom stereocenters. The zero-order chi connectivity index (χ0) is 15.2. The number of hydrogen-bond acceptors (Lipinski definition) is 3. The zero-order valence-electron chi connectivity index (χ0n) is 12.6. The van der Waals surface area contributed by atoms with Gasteiger partial charge in [0.05, 0.1) is 0 Å². The minimum atomic E-state index is -1.26. The van der Waals surface area contributed by atoms with E-state index in [9.17, 15) is 0 Å². The van der Waals surface area contributed by atoms with Crippen molar-refractivity contribution in [2.75, 3.05) is 13.3 Å². The van der Waals surface area contributed by atoms with Gasteiger partial charge >= 0.3 is 0 Å². The molecule has 0 spiro atoms. The van der Waals surface area contributed by atoms with E-state index in [1.165, 1.54) is 16.3 Å². The summed E-state index contributed by atoms with van der Waals surface area (Å²) < 4.78 is 7.33. The van der Waals surface area contributed by atoms with Gasteiger partial charge in [0, 0.05) is 19.5 Å². The van der Waals surface area contributed by atoms with Crippen molar-refractivity contribution < 1.29 is 4.74 Å². The molecule has 0 aliphatic rings. The van der Waals surface area contributed by atoms with Crippen molar-refractivity contribution in [2.24, 2.45) is 0 Å². The fraction of sp³-hybridized carbons (Fsp3) is 0.176. The third kappa shape index (κ3) is 3.50.